The lowest BCUT2D eigenvalue weighted by Gasteiger charge is -2.40. The molecule has 5 heterocycles. The molecule has 2 aliphatic heterocycles. The SMILES string of the molecule is CCC1(C2CCN(C(=O)c3csc(-c4cccs4)n3)CC2)NC(=O)N(Cc2ccccn2)C1=O. The summed E-state index contributed by atoms with van der Waals surface area (Å²) in [5.41, 5.74) is 0.195. The molecule has 5 rings (SSSR count). The third-order valence-corrected chi connectivity index (χ3v) is 8.62. The first-order valence-corrected chi connectivity index (χ1v) is 13.1. The molecule has 3 aromatic heterocycles. The predicted molar refractivity (Wildman–Crippen MR) is 130 cm³/mol. The quantitative estimate of drug-likeness (QED) is 0.521. The number of carbonyl (C=O) groups excluding carboxylic acids is 3. The summed E-state index contributed by atoms with van der Waals surface area (Å²) in [6.07, 6.45) is 3.44. The molecule has 8 nitrogen and oxygen atoms in total. The lowest BCUT2D eigenvalue weighted by Crippen LogP contribution is -2.56. The van der Waals surface area contributed by atoms with Crippen LogP contribution < -0.4 is 5.32 Å². The largest absolute Gasteiger partial charge is 0.337 e. The number of aromatic nitrogens is 2. The molecule has 1 N–H and O–H groups in total. The number of hydrogen-bond acceptors (Lipinski definition) is 7. The number of carbonyl (C=O) groups is 3. The molecule has 1 atom stereocenters. The summed E-state index contributed by atoms with van der Waals surface area (Å²) in [6.45, 7) is 3.14. The Morgan fingerprint density at radius 3 is 2.68 bits per heavy atom. The van der Waals surface area contributed by atoms with Crippen molar-refractivity contribution in [3.63, 3.8) is 0 Å². The highest BCUT2D eigenvalue weighted by molar-refractivity contribution is 7.20. The maximum atomic E-state index is 13.5. The Bertz CT molecular complexity index is 1190. The van der Waals surface area contributed by atoms with E-state index in [1.807, 2.05) is 35.9 Å². The van der Waals surface area contributed by atoms with Gasteiger partial charge >= 0.3 is 6.03 Å². The minimum atomic E-state index is -0.937. The van der Waals surface area contributed by atoms with E-state index in [-0.39, 0.29) is 30.3 Å². The van der Waals surface area contributed by atoms with E-state index in [0.717, 1.165) is 9.88 Å². The maximum Gasteiger partial charge on any atom is 0.325 e. The zero-order valence-corrected chi connectivity index (χ0v) is 20.4. The van der Waals surface area contributed by atoms with E-state index in [4.69, 9.17) is 0 Å². The molecule has 176 valence electrons. The summed E-state index contributed by atoms with van der Waals surface area (Å²) < 4.78 is 0. The van der Waals surface area contributed by atoms with Crippen LogP contribution in [0.15, 0.2) is 47.3 Å². The van der Waals surface area contributed by atoms with E-state index in [2.05, 4.69) is 15.3 Å². The molecular weight excluding hydrogens is 470 g/mol. The molecule has 10 heteroatoms. The van der Waals surface area contributed by atoms with Crippen molar-refractivity contribution in [1.82, 2.24) is 25.1 Å². The van der Waals surface area contributed by atoms with Gasteiger partial charge in [0.1, 0.15) is 16.2 Å². The smallest absolute Gasteiger partial charge is 0.325 e. The summed E-state index contributed by atoms with van der Waals surface area (Å²) in [6, 6.07) is 9.04. The van der Waals surface area contributed by atoms with E-state index in [1.54, 1.807) is 34.6 Å². The van der Waals surface area contributed by atoms with Gasteiger partial charge in [-0.1, -0.05) is 19.1 Å². The normalized spacial score (nSPS) is 21.2. The van der Waals surface area contributed by atoms with Crippen LogP contribution in [-0.2, 0) is 11.3 Å². The second kappa shape index (κ2) is 9.27. The van der Waals surface area contributed by atoms with E-state index >= 15 is 0 Å². The molecule has 0 bridgehead atoms. The van der Waals surface area contributed by atoms with Crippen LogP contribution in [0.25, 0.3) is 9.88 Å². The topological polar surface area (TPSA) is 95.5 Å². The van der Waals surface area contributed by atoms with Gasteiger partial charge in [0.05, 0.1) is 17.1 Å². The minimum absolute atomic E-state index is 0.0381. The number of amides is 4. The van der Waals surface area contributed by atoms with Crippen molar-refractivity contribution in [3.05, 3.63) is 58.7 Å². The van der Waals surface area contributed by atoms with Gasteiger partial charge in [-0.3, -0.25) is 19.5 Å². The van der Waals surface area contributed by atoms with Crippen molar-refractivity contribution in [2.24, 2.45) is 5.92 Å². The van der Waals surface area contributed by atoms with Gasteiger partial charge in [-0.05, 0) is 48.8 Å². The van der Waals surface area contributed by atoms with Crippen molar-refractivity contribution < 1.29 is 14.4 Å². The van der Waals surface area contributed by atoms with Crippen molar-refractivity contribution >= 4 is 40.5 Å². The van der Waals surface area contributed by atoms with E-state index < -0.39 is 5.54 Å². The van der Waals surface area contributed by atoms with Gasteiger partial charge in [-0.15, -0.1) is 22.7 Å². The molecule has 0 radical (unpaired) electrons. The molecule has 1 unspecified atom stereocenters. The van der Waals surface area contributed by atoms with Gasteiger partial charge in [0.25, 0.3) is 11.8 Å². The third-order valence-electron chi connectivity index (χ3n) is 6.74. The fourth-order valence-electron chi connectivity index (χ4n) is 4.87. The highest BCUT2D eigenvalue weighted by Crippen LogP contribution is 2.37. The van der Waals surface area contributed by atoms with Crippen LogP contribution in [0.5, 0.6) is 0 Å². The molecule has 0 spiro atoms. The second-order valence-electron chi connectivity index (χ2n) is 8.55. The Kier molecular flexibility index (Phi) is 6.18. The number of imide groups is 1. The Morgan fingerprint density at radius 2 is 2.00 bits per heavy atom. The van der Waals surface area contributed by atoms with Crippen molar-refractivity contribution in [2.45, 2.75) is 38.3 Å². The number of piperidine rings is 1. The first-order chi connectivity index (χ1) is 16.5. The number of thiazole rings is 1. The molecule has 0 saturated carbocycles. The standard InChI is InChI=1S/C24H25N5O3S2/c1-2-24(22(31)29(23(32)27-24)14-17-6-3-4-10-25-17)16-8-11-28(12-9-16)21(30)18-15-34-20(26-18)19-7-5-13-33-19/h3-7,10,13,15-16H,2,8-9,11-12,14H2,1H3,(H,27,32). The summed E-state index contributed by atoms with van der Waals surface area (Å²) in [5.74, 6) is -0.319. The second-order valence-corrected chi connectivity index (χ2v) is 10.4. The van der Waals surface area contributed by atoms with Crippen LogP contribution in [-0.4, -0.2) is 56.2 Å². The number of pyridine rings is 1. The Hall–Kier alpha value is -3.11. The zero-order chi connectivity index (χ0) is 23.7. The van der Waals surface area contributed by atoms with Gasteiger partial charge in [0, 0.05) is 24.7 Å². The molecular formula is C24H25N5O3S2. The van der Waals surface area contributed by atoms with Crippen LogP contribution in [0, 0.1) is 5.92 Å². The Labute approximate surface area is 205 Å². The molecule has 3 aromatic rings. The molecule has 0 aromatic carbocycles. The summed E-state index contributed by atoms with van der Waals surface area (Å²) in [4.78, 5) is 52.2. The number of rotatable bonds is 6. The number of nitrogens with zero attached hydrogens (tertiary/aromatic N) is 4. The average molecular weight is 496 g/mol. The summed E-state index contributed by atoms with van der Waals surface area (Å²) in [7, 11) is 0. The maximum absolute atomic E-state index is 13.5. The average Bonchev–Trinajstić information content (AvgIpc) is 3.62. The number of likely N-dealkylation sites (tertiary alicyclic amines) is 1. The fourth-order valence-corrected chi connectivity index (χ4v) is 6.48. The van der Waals surface area contributed by atoms with Crippen molar-refractivity contribution in [1.29, 1.82) is 0 Å². The van der Waals surface area contributed by atoms with Gasteiger partial charge in [0.15, 0.2) is 0 Å². The van der Waals surface area contributed by atoms with E-state index in [9.17, 15) is 14.4 Å². The molecule has 2 saturated heterocycles. The Balaban J connectivity index is 1.25. The number of urea groups is 1. The van der Waals surface area contributed by atoms with Crippen LogP contribution in [0.2, 0.25) is 0 Å². The molecule has 0 aliphatic carbocycles. The Morgan fingerprint density at radius 1 is 1.18 bits per heavy atom. The first-order valence-electron chi connectivity index (χ1n) is 11.3. The molecule has 2 fully saturated rings. The van der Waals surface area contributed by atoms with Gasteiger partial charge in [-0.2, -0.15) is 0 Å². The molecule has 34 heavy (non-hydrogen) atoms. The molecule has 2 aliphatic rings. The van der Waals surface area contributed by atoms with Crippen LogP contribution in [0.4, 0.5) is 4.79 Å². The number of nitrogens with one attached hydrogen (secondary N) is 1. The van der Waals surface area contributed by atoms with Gasteiger partial charge in [0.2, 0.25) is 0 Å². The summed E-state index contributed by atoms with van der Waals surface area (Å²) >= 11 is 3.08. The summed E-state index contributed by atoms with van der Waals surface area (Å²) in [5, 5.41) is 7.66. The van der Waals surface area contributed by atoms with Crippen LogP contribution >= 0.6 is 22.7 Å². The minimum Gasteiger partial charge on any atom is -0.337 e. The van der Waals surface area contributed by atoms with E-state index in [1.165, 1.54) is 16.2 Å². The van der Waals surface area contributed by atoms with E-state index in [0.29, 0.717) is 43.7 Å². The monoisotopic (exact) mass is 495 g/mol. The van der Waals surface area contributed by atoms with Crippen LogP contribution in [0.3, 0.4) is 0 Å². The van der Waals surface area contributed by atoms with Crippen LogP contribution in [0.1, 0.15) is 42.4 Å². The van der Waals surface area contributed by atoms with Crippen molar-refractivity contribution in [3.8, 4) is 9.88 Å². The zero-order valence-electron chi connectivity index (χ0n) is 18.8. The van der Waals surface area contributed by atoms with Crippen molar-refractivity contribution in [2.75, 3.05) is 13.1 Å². The predicted octanol–water partition coefficient (Wildman–Crippen LogP) is 4.02. The fraction of sp³-hybridized carbons (Fsp3) is 0.375. The first kappa shape index (κ1) is 22.7. The highest BCUT2D eigenvalue weighted by atomic mass is 32.1. The molecule has 4 amide bonds. The lowest BCUT2D eigenvalue weighted by molar-refractivity contribution is -0.134. The highest BCUT2D eigenvalue weighted by Gasteiger charge is 2.55. The lowest BCUT2D eigenvalue weighted by atomic mass is 9.75. The number of thiophene rings is 1. The van der Waals surface area contributed by atoms with Gasteiger partial charge in [-0.25, -0.2) is 9.78 Å². The third kappa shape index (κ3) is 4.01. The number of hydrogen-bond donors (Lipinski definition) is 1. The van der Waals surface area contributed by atoms with Gasteiger partial charge < -0.3 is 10.2 Å².